The second-order valence-electron chi connectivity index (χ2n) is 3.86. The third-order valence-corrected chi connectivity index (χ3v) is 2.48. The van der Waals surface area contributed by atoms with Gasteiger partial charge < -0.3 is 15.2 Å². The third kappa shape index (κ3) is 3.48. The number of benzene rings is 1. The number of nitrogens with two attached hydrogens (primary N) is 1. The van der Waals surface area contributed by atoms with Gasteiger partial charge in [-0.25, -0.2) is 4.68 Å². The second-order valence-corrected chi connectivity index (χ2v) is 3.86. The SMILES string of the molecule is COc1ccc(=O)n(CCOc2cccc(N)c2)n1. The minimum absolute atomic E-state index is 0.197. The van der Waals surface area contributed by atoms with Gasteiger partial charge in [-0.15, -0.1) is 5.10 Å². The molecule has 0 aliphatic carbocycles. The van der Waals surface area contributed by atoms with Crippen molar-refractivity contribution in [1.29, 1.82) is 0 Å². The predicted molar refractivity (Wildman–Crippen MR) is 71.4 cm³/mol. The second kappa shape index (κ2) is 5.90. The van der Waals surface area contributed by atoms with Crippen LogP contribution in [-0.4, -0.2) is 23.5 Å². The van der Waals surface area contributed by atoms with Gasteiger partial charge in [0.25, 0.3) is 5.56 Å². The van der Waals surface area contributed by atoms with Gasteiger partial charge >= 0.3 is 0 Å². The van der Waals surface area contributed by atoms with Crippen molar-refractivity contribution in [2.24, 2.45) is 0 Å². The molecule has 6 heteroatoms. The van der Waals surface area contributed by atoms with Crippen molar-refractivity contribution >= 4 is 5.69 Å². The van der Waals surface area contributed by atoms with Crippen LogP contribution in [0.3, 0.4) is 0 Å². The Kier molecular flexibility index (Phi) is 4.02. The summed E-state index contributed by atoms with van der Waals surface area (Å²) in [5.41, 5.74) is 6.08. The number of methoxy groups -OCH3 is 1. The van der Waals surface area contributed by atoms with Crippen LogP contribution >= 0.6 is 0 Å². The van der Waals surface area contributed by atoms with Crippen molar-refractivity contribution in [1.82, 2.24) is 9.78 Å². The summed E-state index contributed by atoms with van der Waals surface area (Å²) in [5, 5.41) is 4.02. The van der Waals surface area contributed by atoms with Gasteiger partial charge in [0, 0.05) is 23.9 Å². The van der Waals surface area contributed by atoms with Crippen molar-refractivity contribution in [3.8, 4) is 11.6 Å². The summed E-state index contributed by atoms with van der Waals surface area (Å²) in [7, 11) is 1.50. The number of nitrogens with zero attached hydrogens (tertiary/aromatic N) is 2. The zero-order valence-electron chi connectivity index (χ0n) is 10.6. The zero-order chi connectivity index (χ0) is 13.7. The van der Waals surface area contributed by atoms with E-state index >= 15 is 0 Å². The van der Waals surface area contributed by atoms with Crippen LogP contribution in [0.25, 0.3) is 0 Å². The van der Waals surface area contributed by atoms with Crippen LogP contribution in [0.4, 0.5) is 5.69 Å². The van der Waals surface area contributed by atoms with E-state index in [4.69, 9.17) is 15.2 Å². The normalized spacial score (nSPS) is 10.2. The lowest BCUT2D eigenvalue weighted by molar-refractivity contribution is 0.282. The summed E-state index contributed by atoms with van der Waals surface area (Å²) >= 11 is 0. The first kappa shape index (κ1) is 12.9. The van der Waals surface area contributed by atoms with Gasteiger partial charge in [-0.1, -0.05) is 6.07 Å². The van der Waals surface area contributed by atoms with Crippen molar-refractivity contribution in [2.45, 2.75) is 6.54 Å². The average Bonchev–Trinajstić information content (AvgIpc) is 2.41. The minimum Gasteiger partial charge on any atom is -0.492 e. The van der Waals surface area contributed by atoms with Crippen molar-refractivity contribution in [2.75, 3.05) is 19.5 Å². The molecule has 0 fully saturated rings. The van der Waals surface area contributed by atoms with Crippen LogP contribution in [0.5, 0.6) is 11.6 Å². The molecule has 1 aromatic carbocycles. The van der Waals surface area contributed by atoms with Gasteiger partial charge in [0.2, 0.25) is 5.88 Å². The molecular weight excluding hydrogens is 246 g/mol. The van der Waals surface area contributed by atoms with Gasteiger partial charge in [-0.3, -0.25) is 4.79 Å². The van der Waals surface area contributed by atoms with Crippen molar-refractivity contribution in [3.63, 3.8) is 0 Å². The lowest BCUT2D eigenvalue weighted by Gasteiger charge is -2.08. The summed E-state index contributed by atoms with van der Waals surface area (Å²) in [6.07, 6.45) is 0. The molecule has 0 bridgehead atoms. The molecule has 0 saturated heterocycles. The lowest BCUT2D eigenvalue weighted by Crippen LogP contribution is -2.25. The number of rotatable bonds is 5. The van der Waals surface area contributed by atoms with E-state index in [1.807, 2.05) is 0 Å². The van der Waals surface area contributed by atoms with Crippen LogP contribution in [0.2, 0.25) is 0 Å². The first-order chi connectivity index (χ1) is 9.19. The Hall–Kier alpha value is -2.50. The van der Waals surface area contributed by atoms with E-state index in [9.17, 15) is 4.79 Å². The van der Waals surface area contributed by atoms with Crippen molar-refractivity contribution < 1.29 is 9.47 Å². The summed E-state index contributed by atoms with van der Waals surface area (Å²) < 4.78 is 11.8. The molecule has 19 heavy (non-hydrogen) atoms. The van der Waals surface area contributed by atoms with Gasteiger partial charge in [-0.05, 0) is 12.1 Å². The number of aromatic nitrogens is 2. The molecular formula is C13H15N3O3. The Balaban J connectivity index is 1.97. The standard InChI is InChI=1S/C13H15N3O3/c1-18-12-5-6-13(17)16(15-12)7-8-19-11-4-2-3-10(14)9-11/h2-6,9H,7-8,14H2,1H3. The van der Waals surface area contributed by atoms with E-state index in [1.54, 1.807) is 24.3 Å². The van der Waals surface area contributed by atoms with Crippen LogP contribution in [-0.2, 0) is 6.54 Å². The molecule has 2 aromatic rings. The van der Waals surface area contributed by atoms with E-state index in [2.05, 4.69) is 5.10 Å². The van der Waals surface area contributed by atoms with Crippen molar-refractivity contribution in [3.05, 3.63) is 46.8 Å². The Morgan fingerprint density at radius 2 is 2.16 bits per heavy atom. The van der Waals surface area contributed by atoms with E-state index in [0.29, 0.717) is 30.5 Å². The predicted octanol–water partition coefficient (Wildman–Crippen LogP) is 0.913. The molecule has 0 aliphatic rings. The van der Waals surface area contributed by atoms with Gasteiger partial charge in [0.1, 0.15) is 12.4 Å². The van der Waals surface area contributed by atoms with Crippen LogP contribution in [0.1, 0.15) is 0 Å². The highest BCUT2D eigenvalue weighted by atomic mass is 16.5. The number of anilines is 1. The topological polar surface area (TPSA) is 79.4 Å². The number of hydrogen-bond acceptors (Lipinski definition) is 5. The Morgan fingerprint density at radius 3 is 2.89 bits per heavy atom. The van der Waals surface area contributed by atoms with Crippen LogP contribution in [0, 0.1) is 0 Å². The molecule has 2 rings (SSSR count). The molecule has 2 N–H and O–H groups in total. The maximum atomic E-state index is 11.6. The molecule has 6 nitrogen and oxygen atoms in total. The van der Waals surface area contributed by atoms with E-state index in [0.717, 1.165) is 0 Å². The fraction of sp³-hybridized carbons (Fsp3) is 0.231. The zero-order valence-corrected chi connectivity index (χ0v) is 10.6. The Labute approximate surface area is 110 Å². The number of ether oxygens (including phenoxy) is 2. The van der Waals surface area contributed by atoms with Gasteiger partial charge in [0.05, 0.1) is 13.7 Å². The van der Waals surface area contributed by atoms with E-state index in [1.165, 1.54) is 23.9 Å². The van der Waals surface area contributed by atoms with Crippen LogP contribution in [0.15, 0.2) is 41.2 Å². The summed E-state index contributed by atoms with van der Waals surface area (Å²) in [6.45, 7) is 0.661. The highest BCUT2D eigenvalue weighted by Gasteiger charge is 2.01. The maximum Gasteiger partial charge on any atom is 0.267 e. The molecule has 0 aliphatic heterocycles. The van der Waals surface area contributed by atoms with Gasteiger partial charge in [0.15, 0.2) is 0 Å². The summed E-state index contributed by atoms with van der Waals surface area (Å²) in [5.74, 6) is 1.06. The molecule has 0 radical (unpaired) electrons. The third-order valence-electron chi connectivity index (χ3n) is 2.48. The quantitative estimate of drug-likeness (QED) is 0.809. The van der Waals surface area contributed by atoms with E-state index < -0.39 is 0 Å². The lowest BCUT2D eigenvalue weighted by atomic mass is 10.3. The molecule has 0 amide bonds. The molecule has 1 heterocycles. The first-order valence-electron chi connectivity index (χ1n) is 5.79. The fourth-order valence-corrected chi connectivity index (χ4v) is 1.55. The Bertz CT molecular complexity index is 610. The van der Waals surface area contributed by atoms with Gasteiger partial charge in [-0.2, -0.15) is 0 Å². The fourth-order valence-electron chi connectivity index (χ4n) is 1.55. The minimum atomic E-state index is -0.197. The molecule has 0 atom stereocenters. The number of hydrogen-bond donors (Lipinski definition) is 1. The highest BCUT2D eigenvalue weighted by Crippen LogP contribution is 2.14. The molecule has 100 valence electrons. The van der Waals surface area contributed by atoms with Crippen LogP contribution < -0.4 is 20.8 Å². The molecule has 0 unspecified atom stereocenters. The Morgan fingerprint density at radius 1 is 1.32 bits per heavy atom. The summed E-state index contributed by atoms with van der Waals surface area (Å²) in [4.78, 5) is 11.6. The largest absolute Gasteiger partial charge is 0.492 e. The monoisotopic (exact) mass is 261 g/mol. The maximum absolute atomic E-state index is 11.6. The molecule has 0 saturated carbocycles. The number of nitrogen functional groups attached to an aromatic ring is 1. The first-order valence-corrected chi connectivity index (χ1v) is 5.79. The highest BCUT2D eigenvalue weighted by molar-refractivity contribution is 5.43. The summed E-state index contributed by atoms with van der Waals surface area (Å²) in [6, 6.07) is 10.0. The smallest absolute Gasteiger partial charge is 0.267 e. The molecule has 1 aromatic heterocycles. The van der Waals surface area contributed by atoms with E-state index in [-0.39, 0.29) is 5.56 Å². The average molecular weight is 261 g/mol. The molecule has 0 spiro atoms.